The number of aromatic nitrogens is 1. The summed E-state index contributed by atoms with van der Waals surface area (Å²) in [7, 11) is 3.18. The number of methoxy groups -OCH3 is 2. The van der Waals surface area contributed by atoms with Crippen molar-refractivity contribution in [3.05, 3.63) is 65.0 Å². The summed E-state index contributed by atoms with van der Waals surface area (Å²) in [5.41, 5.74) is 2.57. The molecule has 3 rings (SSSR count). The molecule has 2 aromatic carbocycles. The Labute approximate surface area is 145 Å². The Balaban J connectivity index is 2.07. The third-order valence-electron chi connectivity index (χ3n) is 4.12. The van der Waals surface area contributed by atoms with Crippen molar-refractivity contribution in [2.45, 2.75) is 6.42 Å². The summed E-state index contributed by atoms with van der Waals surface area (Å²) in [4.78, 5) is 26.8. The molecule has 0 saturated heterocycles. The molecule has 0 aliphatic heterocycles. The third-order valence-corrected chi connectivity index (χ3v) is 4.12. The first-order valence-electron chi connectivity index (χ1n) is 7.73. The van der Waals surface area contributed by atoms with Crippen molar-refractivity contribution >= 4 is 23.3 Å². The van der Waals surface area contributed by atoms with Crippen molar-refractivity contribution in [2.24, 2.45) is 0 Å². The minimum atomic E-state index is 0.365. The third kappa shape index (κ3) is 3.21. The van der Waals surface area contributed by atoms with Crippen LogP contribution >= 0.6 is 0 Å². The summed E-state index contributed by atoms with van der Waals surface area (Å²) in [5, 5.41) is 1.73. The Kier molecular flexibility index (Phi) is 4.75. The molecular weight excluding hydrogens is 318 g/mol. The lowest BCUT2D eigenvalue weighted by Gasteiger charge is -2.11. The van der Waals surface area contributed by atoms with Crippen LogP contribution in [0.4, 0.5) is 0 Å². The van der Waals surface area contributed by atoms with Crippen LogP contribution in [0.5, 0.6) is 11.5 Å². The van der Waals surface area contributed by atoms with E-state index < -0.39 is 0 Å². The fourth-order valence-electron chi connectivity index (χ4n) is 2.84. The predicted molar refractivity (Wildman–Crippen MR) is 94.9 cm³/mol. The molecule has 1 aromatic heterocycles. The monoisotopic (exact) mass is 335 g/mol. The van der Waals surface area contributed by atoms with Crippen molar-refractivity contribution in [1.29, 1.82) is 0 Å². The smallest absolute Gasteiger partial charge is 0.160 e. The van der Waals surface area contributed by atoms with Gasteiger partial charge in [0.25, 0.3) is 0 Å². The molecular formula is C20H17NO4. The molecule has 5 nitrogen and oxygen atoms in total. The maximum absolute atomic E-state index is 11.2. The molecule has 1 heterocycles. The molecule has 3 aromatic rings. The molecule has 25 heavy (non-hydrogen) atoms. The van der Waals surface area contributed by atoms with E-state index in [-0.39, 0.29) is 0 Å². The number of carbonyl (C=O) groups is 2. The lowest BCUT2D eigenvalue weighted by atomic mass is 9.99. The molecule has 0 saturated carbocycles. The number of aldehydes is 2. The van der Waals surface area contributed by atoms with Gasteiger partial charge in [-0.25, -0.2) is 0 Å². The van der Waals surface area contributed by atoms with E-state index in [1.807, 2.05) is 24.3 Å². The molecule has 0 amide bonds. The van der Waals surface area contributed by atoms with Crippen molar-refractivity contribution in [3.63, 3.8) is 0 Å². The number of pyridine rings is 1. The quantitative estimate of drug-likeness (QED) is 0.645. The molecule has 5 heteroatoms. The van der Waals surface area contributed by atoms with Gasteiger partial charge in [-0.05, 0) is 41.3 Å². The zero-order valence-corrected chi connectivity index (χ0v) is 14.0. The summed E-state index contributed by atoms with van der Waals surface area (Å²) >= 11 is 0. The molecule has 0 aliphatic carbocycles. The van der Waals surface area contributed by atoms with E-state index in [0.717, 1.165) is 22.0 Å². The van der Waals surface area contributed by atoms with E-state index in [2.05, 4.69) is 4.98 Å². The van der Waals surface area contributed by atoms with Crippen molar-refractivity contribution in [1.82, 2.24) is 4.98 Å². The Morgan fingerprint density at radius 3 is 2.32 bits per heavy atom. The van der Waals surface area contributed by atoms with Crippen LogP contribution in [0.15, 0.2) is 42.6 Å². The number of benzene rings is 2. The fourth-order valence-corrected chi connectivity index (χ4v) is 2.84. The summed E-state index contributed by atoms with van der Waals surface area (Å²) in [6.45, 7) is 0. The molecule has 126 valence electrons. The molecule has 0 aliphatic rings. The van der Waals surface area contributed by atoms with Gasteiger partial charge < -0.3 is 9.47 Å². The lowest BCUT2D eigenvalue weighted by Crippen LogP contribution is -1.98. The Morgan fingerprint density at radius 2 is 1.64 bits per heavy atom. The van der Waals surface area contributed by atoms with Crippen LogP contribution in [0.3, 0.4) is 0 Å². The highest BCUT2D eigenvalue weighted by atomic mass is 16.5. The average Bonchev–Trinajstić information content (AvgIpc) is 2.66. The highest BCUT2D eigenvalue weighted by Gasteiger charge is 2.10. The Hall–Kier alpha value is -3.21. The molecule has 0 unspecified atom stereocenters. The minimum absolute atomic E-state index is 0.365. The minimum Gasteiger partial charge on any atom is -0.493 e. The number of carbonyl (C=O) groups excluding carboxylic acids is 2. The second kappa shape index (κ2) is 7.13. The van der Waals surface area contributed by atoms with Crippen LogP contribution in [-0.2, 0) is 6.42 Å². The van der Waals surface area contributed by atoms with Crippen LogP contribution < -0.4 is 9.47 Å². The zero-order valence-electron chi connectivity index (χ0n) is 14.0. The van der Waals surface area contributed by atoms with Gasteiger partial charge >= 0.3 is 0 Å². The number of rotatable bonds is 6. The number of nitrogens with zero attached hydrogens (tertiary/aromatic N) is 1. The van der Waals surface area contributed by atoms with E-state index in [0.29, 0.717) is 41.6 Å². The van der Waals surface area contributed by atoms with E-state index in [9.17, 15) is 9.59 Å². The van der Waals surface area contributed by atoms with Gasteiger partial charge in [0.2, 0.25) is 0 Å². The van der Waals surface area contributed by atoms with Gasteiger partial charge in [0.05, 0.1) is 19.9 Å². The van der Waals surface area contributed by atoms with Gasteiger partial charge in [0, 0.05) is 29.1 Å². The first kappa shape index (κ1) is 16.6. The van der Waals surface area contributed by atoms with Crippen LogP contribution in [0.1, 0.15) is 32.0 Å². The van der Waals surface area contributed by atoms with Crippen molar-refractivity contribution in [2.75, 3.05) is 14.2 Å². The Bertz CT molecular complexity index is 950. The number of ether oxygens (including phenoxy) is 2. The maximum atomic E-state index is 11.2. The first-order chi connectivity index (χ1) is 12.2. The first-order valence-corrected chi connectivity index (χ1v) is 7.73. The standard InChI is InChI=1S/C20H17NO4/c1-24-19-4-3-13(8-20(19)25-2)7-18-17-10-16(12-23)15(11-22)9-14(17)5-6-21-18/h3-6,8-12H,7H2,1-2H3. The molecule has 0 radical (unpaired) electrons. The second-order valence-electron chi connectivity index (χ2n) is 5.56. The zero-order chi connectivity index (χ0) is 17.8. The van der Waals surface area contributed by atoms with E-state index in [1.54, 1.807) is 32.5 Å². The summed E-state index contributed by atoms with van der Waals surface area (Å²) in [6, 6.07) is 11.0. The second-order valence-corrected chi connectivity index (χ2v) is 5.56. The number of hydrogen-bond acceptors (Lipinski definition) is 5. The Morgan fingerprint density at radius 1 is 0.920 bits per heavy atom. The van der Waals surface area contributed by atoms with Gasteiger partial charge in [-0.1, -0.05) is 6.07 Å². The van der Waals surface area contributed by atoms with E-state index >= 15 is 0 Å². The highest BCUT2D eigenvalue weighted by molar-refractivity contribution is 5.99. The molecule has 0 N–H and O–H groups in total. The maximum Gasteiger partial charge on any atom is 0.160 e. The predicted octanol–water partition coefficient (Wildman–Crippen LogP) is 3.47. The summed E-state index contributed by atoms with van der Waals surface area (Å²) < 4.78 is 10.6. The molecule has 0 bridgehead atoms. The lowest BCUT2D eigenvalue weighted by molar-refractivity contribution is 0.109. The van der Waals surface area contributed by atoms with Crippen molar-refractivity contribution in [3.8, 4) is 11.5 Å². The molecule has 0 fully saturated rings. The van der Waals surface area contributed by atoms with E-state index in [1.165, 1.54) is 0 Å². The topological polar surface area (TPSA) is 65.5 Å². The van der Waals surface area contributed by atoms with Crippen molar-refractivity contribution < 1.29 is 19.1 Å². The van der Waals surface area contributed by atoms with E-state index in [4.69, 9.17) is 9.47 Å². The van der Waals surface area contributed by atoms with Gasteiger partial charge in [-0.3, -0.25) is 14.6 Å². The van der Waals surface area contributed by atoms with Crippen LogP contribution in [0, 0.1) is 0 Å². The van der Waals surface area contributed by atoms with Gasteiger partial charge in [0.15, 0.2) is 24.1 Å². The van der Waals surface area contributed by atoms with Crippen LogP contribution in [-0.4, -0.2) is 31.8 Å². The highest BCUT2D eigenvalue weighted by Crippen LogP contribution is 2.29. The molecule has 0 atom stereocenters. The fraction of sp³-hybridized carbons (Fsp3) is 0.150. The number of fused-ring (bicyclic) bond motifs is 1. The van der Waals surface area contributed by atoms with Gasteiger partial charge in [-0.15, -0.1) is 0 Å². The van der Waals surface area contributed by atoms with Gasteiger partial charge in [0.1, 0.15) is 0 Å². The largest absolute Gasteiger partial charge is 0.493 e. The number of hydrogen-bond donors (Lipinski definition) is 0. The summed E-state index contributed by atoms with van der Waals surface area (Å²) in [5.74, 6) is 1.31. The van der Waals surface area contributed by atoms with Crippen LogP contribution in [0.2, 0.25) is 0 Å². The van der Waals surface area contributed by atoms with Crippen LogP contribution in [0.25, 0.3) is 10.8 Å². The SMILES string of the molecule is COc1ccc(Cc2nccc3cc(C=O)c(C=O)cc23)cc1OC. The normalized spacial score (nSPS) is 10.5. The van der Waals surface area contributed by atoms with Gasteiger partial charge in [-0.2, -0.15) is 0 Å². The summed E-state index contributed by atoms with van der Waals surface area (Å²) in [6.07, 6.45) is 3.65. The molecule has 0 spiro atoms. The average molecular weight is 335 g/mol.